The summed E-state index contributed by atoms with van der Waals surface area (Å²) in [6.45, 7) is 0.841. The fraction of sp³-hybridized carbons (Fsp3) is 0.636. The molecule has 1 saturated heterocycles. The maximum Gasteiger partial charge on any atom is 0.327 e. The minimum absolute atomic E-state index is 0.339. The van der Waals surface area contributed by atoms with E-state index in [1.54, 1.807) is 29.8 Å². The predicted octanol–water partition coefficient (Wildman–Crippen LogP) is -0.431. The van der Waals surface area contributed by atoms with Crippen molar-refractivity contribution in [1.29, 1.82) is 0 Å². The number of aryl methyl sites for hydroxylation is 1. The van der Waals surface area contributed by atoms with Crippen LogP contribution in [-0.2, 0) is 18.3 Å². The highest BCUT2D eigenvalue weighted by atomic mass is 32.2. The van der Waals surface area contributed by atoms with E-state index in [1.807, 2.05) is 0 Å². The van der Waals surface area contributed by atoms with E-state index in [0.717, 1.165) is 5.75 Å². The smallest absolute Gasteiger partial charge is 0.327 e. The fourth-order valence-corrected chi connectivity index (χ4v) is 2.97. The number of carbonyl (C=O) groups is 2. The summed E-state index contributed by atoms with van der Waals surface area (Å²) >= 11 is 1.55. The van der Waals surface area contributed by atoms with Crippen molar-refractivity contribution in [1.82, 2.24) is 25.0 Å². The van der Waals surface area contributed by atoms with E-state index >= 15 is 0 Å². The lowest BCUT2D eigenvalue weighted by Crippen LogP contribution is -2.54. The number of aliphatic carboxylic acids is 1. The Bertz CT molecular complexity index is 492. The monoisotopic (exact) mass is 299 g/mol. The van der Waals surface area contributed by atoms with Gasteiger partial charge in [0.1, 0.15) is 12.4 Å². The van der Waals surface area contributed by atoms with Crippen LogP contribution in [0.4, 0.5) is 4.79 Å². The number of nitrogens with one attached hydrogen (secondary N) is 1. The van der Waals surface area contributed by atoms with Gasteiger partial charge in [-0.1, -0.05) is 0 Å². The molecule has 1 fully saturated rings. The molecule has 2 heterocycles. The van der Waals surface area contributed by atoms with Crippen LogP contribution in [0.15, 0.2) is 6.33 Å². The molecule has 0 spiro atoms. The molecule has 0 radical (unpaired) electrons. The molecule has 1 aromatic rings. The number of nitrogens with zero attached hydrogens (tertiary/aromatic N) is 4. The molecule has 2 N–H and O–H groups in total. The lowest BCUT2D eigenvalue weighted by molar-refractivity contribution is -0.141. The minimum Gasteiger partial charge on any atom is -0.480 e. The summed E-state index contributed by atoms with van der Waals surface area (Å²) in [4.78, 5) is 28.6. The number of aromatic nitrogens is 3. The summed E-state index contributed by atoms with van der Waals surface area (Å²) in [6, 6.07) is -1.09. The SMILES string of the molecule is Cn1cnc(CCNC(=O)N2CCSCC2C(=O)O)n1. The number of carboxylic acid groups (broad SMARTS) is 1. The second-order valence-electron chi connectivity index (χ2n) is 4.44. The first kappa shape index (κ1) is 14.6. The second-order valence-corrected chi connectivity index (χ2v) is 5.59. The quantitative estimate of drug-likeness (QED) is 0.782. The van der Waals surface area contributed by atoms with Gasteiger partial charge in [-0.05, 0) is 0 Å². The van der Waals surface area contributed by atoms with Gasteiger partial charge in [0, 0.05) is 38.1 Å². The van der Waals surface area contributed by atoms with Gasteiger partial charge in [-0.2, -0.15) is 16.9 Å². The number of hydrogen-bond acceptors (Lipinski definition) is 5. The topological polar surface area (TPSA) is 100 Å². The van der Waals surface area contributed by atoms with Crippen LogP contribution in [0, 0.1) is 0 Å². The molecular weight excluding hydrogens is 282 g/mol. The van der Waals surface area contributed by atoms with Crippen LogP contribution < -0.4 is 5.32 Å². The van der Waals surface area contributed by atoms with Crippen LogP contribution in [0.2, 0.25) is 0 Å². The molecule has 9 heteroatoms. The molecule has 20 heavy (non-hydrogen) atoms. The third-order valence-corrected chi connectivity index (χ3v) is 3.97. The van der Waals surface area contributed by atoms with Gasteiger partial charge < -0.3 is 15.3 Å². The zero-order valence-electron chi connectivity index (χ0n) is 11.2. The van der Waals surface area contributed by atoms with Crippen molar-refractivity contribution >= 4 is 23.8 Å². The molecule has 2 amide bonds. The number of amides is 2. The Morgan fingerprint density at radius 3 is 3.05 bits per heavy atom. The van der Waals surface area contributed by atoms with Crippen molar-refractivity contribution in [2.75, 3.05) is 24.6 Å². The van der Waals surface area contributed by atoms with Gasteiger partial charge >= 0.3 is 12.0 Å². The average molecular weight is 299 g/mol. The van der Waals surface area contributed by atoms with E-state index in [-0.39, 0.29) is 6.03 Å². The lowest BCUT2D eigenvalue weighted by Gasteiger charge is -2.32. The highest BCUT2D eigenvalue weighted by molar-refractivity contribution is 7.99. The van der Waals surface area contributed by atoms with E-state index < -0.39 is 12.0 Å². The Balaban J connectivity index is 1.82. The summed E-state index contributed by atoms with van der Waals surface area (Å²) in [5, 5.41) is 15.9. The van der Waals surface area contributed by atoms with Crippen LogP contribution >= 0.6 is 11.8 Å². The zero-order chi connectivity index (χ0) is 14.5. The van der Waals surface area contributed by atoms with Crippen molar-refractivity contribution < 1.29 is 14.7 Å². The molecule has 110 valence electrons. The maximum atomic E-state index is 12.0. The van der Waals surface area contributed by atoms with Crippen molar-refractivity contribution in [2.24, 2.45) is 7.05 Å². The van der Waals surface area contributed by atoms with E-state index in [1.165, 1.54) is 4.90 Å². The molecule has 1 aliphatic heterocycles. The molecule has 2 rings (SSSR count). The molecule has 8 nitrogen and oxygen atoms in total. The highest BCUT2D eigenvalue weighted by Gasteiger charge is 2.32. The number of hydrogen-bond donors (Lipinski definition) is 2. The summed E-state index contributed by atoms with van der Waals surface area (Å²) in [5.74, 6) is 0.888. The predicted molar refractivity (Wildman–Crippen MR) is 73.6 cm³/mol. The van der Waals surface area contributed by atoms with Crippen molar-refractivity contribution in [3.8, 4) is 0 Å². The number of urea groups is 1. The summed E-state index contributed by atoms with van der Waals surface area (Å²) in [7, 11) is 1.78. The number of rotatable bonds is 4. The molecule has 0 bridgehead atoms. The van der Waals surface area contributed by atoms with Gasteiger partial charge in [-0.15, -0.1) is 0 Å². The van der Waals surface area contributed by atoms with E-state index in [9.17, 15) is 9.59 Å². The summed E-state index contributed by atoms with van der Waals surface area (Å²) in [5.41, 5.74) is 0. The standard InChI is InChI=1S/C11H17N5O3S/c1-15-7-13-9(14-15)2-3-12-11(19)16-4-5-20-6-8(16)10(17)18/h7-8H,2-6H2,1H3,(H,12,19)(H,17,18). The van der Waals surface area contributed by atoms with Crippen LogP contribution in [0.5, 0.6) is 0 Å². The van der Waals surface area contributed by atoms with Gasteiger partial charge in [-0.25, -0.2) is 14.6 Å². The van der Waals surface area contributed by atoms with Crippen LogP contribution in [0.1, 0.15) is 5.82 Å². The minimum atomic E-state index is -0.959. The molecule has 0 aromatic carbocycles. The Kier molecular flexibility index (Phi) is 4.83. The van der Waals surface area contributed by atoms with Gasteiger partial charge in [0.05, 0.1) is 0 Å². The number of carboxylic acids is 1. The second kappa shape index (κ2) is 6.60. The molecule has 1 unspecified atom stereocenters. The Morgan fingerprint density at radius 2 is 2.40 bits per heavy atom. The third kappa shape index (κ3) is 3.62. The first-order valence-corrected chi connectivity index (χ1v) is 7.43. The van der Waals surface area contributed by atoms with Crippen LogP contribution in [0.3, 0.4) is 0 Å². The van der Waals surface area contributed by atoms with Gasteiger partial charge in [0.15, 0.2) is 5.82 Å². The van der Waals surface area contributed by atoms with Gasteiger partial charge in [-0.3, -0.25) is 4.68 Å². The highest BCUT2D eigenvalue weighted by Crippen LogP contribution is 2.16. The molecular formula is C11H17N5O3S. The van der Waals surface area contributed by atoms with E-state index in [0.29, 0.717) is 31.1 Å². The first-order valence-electron chi connectivity index (χ1n) is 6.27. The maximum absolute atomic E-state index is 12.0. The molecule has 1 aliphatic rings. The molecule has 1 atom stereocenters. The number of thioether (sulfide) groups is 1. The van der Waals surface area contributed by atoms with Crippen molar-refractivity contribution in [3.63, 3.8) is 0 Å². The Morgan fingerprint density at radius 1 is 1.60 bits per heavy atom. The van der Waals surface area contributed by atoms with Gasteiger partial charge in [0.2, 0.25) is 0 Å². The first-order chi connectivity index (χ1) is 9.58. The van der Waals surface area contributed by atoms with Crippen molar-refractivity contribution in [3.05, 3.63) is 12.2 Å². The number of carbonyl (C=O) groups excluding carboxylic acids is 1. The van der Waals surface area contributed by atoms with Gasteiger partial charge in [0.25, 0.3) is 0 Å². The Hall–Kier alpha value is -1.77. The van der Waals surface area contributed by atoms with Crippen LogP contribution in [0.25, 0.3) is 0 Å². The molecule has 1 aromatic heterocycles. The van der Waals surface area contributed by atoms with E-state index in [2.05, 4.69) is 15.4 Å². The summed E-state index contributed by atoms with van der Waals surface area (Å²) in [6.07, 6.45) is 2.12. The zero-order valence-corrected chi connectivity index (χ0v) is 12.0. The third-order valence-electron chi connectivity index (χ3n) is 2.95. The Labute approximate surface area is 120 Å². The molecule has 0 aliphatic carbocycles. The lowest BCUT2D eigenvalue weighted by atomic mass is 10.3. The van der Waals surface area contributed by atoms with E-state index in [4.69, 9.17) is 5.11 Å². The van der Waals surface area contributed by atoms with Crippen LogP contribution in [-0.4, -0.2) is 67.4 Å². The normalized spacial score (nSPS) is 18.9. The summed E-state index contributed by atoms with van der Waals surface area (Å²) < 4.78 is 1.60. The fourth-order valence-electron chi connectivity index (χ4n) is 1.93. The van der Waals surface area contributed by atoms with Crippen molar-refractivity contribution in [2.45, 2.75) is 12.5 Å². The molecule has 0 saturated carbocycles. The largest absolute Gasteiger partial charge is 0.480 e. The average Bonchev–Trinajstić information content (AvgIpc) is 2.84.